The number of carbonyl (C=O) groups is 1. The van der Waals surface area contributed by atoms with Gasteiger partial charge >= 0.3 is 0 Å². The monoisotopic (exact) mass is 250 g/mol. The number of primary amides is 1. The average Bonchev–Trinajstić information content (AvgIpc) is 2.31. The van der Waals surface area contributed by atoms with Crippen molar-refractivity contribution in [1.29, 1.82) is 0 Å². The van der Waals surface area contributed by atoms with E-state index in [1.54, 1.807) is 7.05 Å². The summed E-state index contributed by atoms with van der Waals surface area (Å²) in [5.41, 5.74) is 7.52. The lowest BCUT2D eigenvalue weighted by atomic mass is 10.0. The lowest BCUT2D eigenvalue weighted by Gasteiger charge is -2.16. The van der Waals surface area contributed by atoms with Crippen molar-refractivity contribution in [3.8, 4) is 5.75 Å². The number of hydrogen-bond acceptors (Lipinski definition) is 3. The van der Waals surface area contributed by atoms with E-state index in [0.717, 1.165) is 11.3 Å². The molecule has 4 nitrogen and oxygen atoms in total. The van der Waals surface area contributed by atoms with E-state index in [9.17, 15) is 4.79 Å². The minimum atomic E-state index is -0.466. The van der Waals surface area contributed by atoms with Crippen LogP contribution in [0.15, 0.2) is 18.2 Å². The fraction of sp³-hybridized carbons (Fsp3) is 0.500. The first-order valence-electron chi connectivity index (χ1n) is 6.15. The van der Waals surface area contributed by atoms with Gasteiger partial charge in [-0.05, 0) is 37.1 Å². The molecule has 0 aliphatic heterocycles. The predicted octanol–water partition coefficient (Wildman–Crippen LogP) is 1.57. The Kier molecular flexibility index (Phi) is 5.16. The SMILES string of the molecule is CNC(COc1cc(C(C)C)ccc1C)C(N)=O. The normalized spacial score (nSPS) is 12.5. The van der Waals surface area contributed by atoms with Crippen molar-refractivity contribution >= 4 is 5.91 Å². The maximum atomic E-state index is 11.1. The zero-order chi connectivity index (χ0) is 13.7. The second kappa shape index (κ2) is 6.40. The molecule has 0 saturated heterocycles. The van der Waals surface area contributed by atoms with Gasteiger partial charge < -0.3 is 15.8 Å². The van der Waals surface area contributed by atoms with Gasteiger partial charge in [0, 0.05) is 0 Å². The van der Waals surface area contributed by atoms with Crippen molar-refractivity contribution in [1.82, 2.24) is 5.32 Å². The molecule has 0 fully saturated rings. The summed E-state index contributed by atoms with van der Waals surface area (Å²) in [5, 5.41) is 2.83. The Morgan fingerprint density at radius 1 is 1.44 bits per heavy atom. The van der Waals surface area contributed by atoms with E-state index in [1.807, 2.05) is 19.1 Å². The smallest absolute Gasteiger partial charge is 0.238 e. The van der Waals surface area contributed by atoms with Crippen LogP contribution in [0.3, 0.4) is 0 Å². The number of amides is 1. The van der Waals surface area contributed by atoms with Crippen LogP contribution in [0.5, 0.6) is 5.75 Å². The highest BCUT2D eigenvalue weighted by Gasteiger charge is 2.14. The molecule has 0 radical (unpaired) electrons. The van der Waals surface area contributed by atoms with Crippen molar-refractivity contribution in [2.75, 3.05) is 13.7 Å². The molecule has 0 saturated carbocycles. The fourth-order valence-electron chi connectivity index (χ4n) is 1.61. The molecule has 0 spiro atoms. The van der Waals surface area contributed by atoms with E-state index in [1.165, 1.54) is 5.56 Å². The lowest BCUT2D eigenvalue weighted by molar-refractivity contribution is -0.120. The third-order valence-electron chi connectivity index (χ3n) is 2.98. The first-order valence-corrected chi connectivity index (χ1v) is 6.15. The van der Waals surface area contributed by atoms with Crippen LogP contribution in [0, 0.1) is 6.92 Å². The standard InChI is InChI=1S/C14H22N2O2/c1-9(2)11-6-5-10(3)13(7-11)18-8-12(16-4)14(15)17/h5-7,9,12,16H,8H2,1-4H3,(H2,15,17). The Bertz CT molecular complexity index is 416. The Hall–Kier alpha value is -1.55. The van der Waals surface area contributed by atoms with Gasteiger partial charge in [-0.25, -0.2) is 0 Å². The summed E-state index contributed by atoms with van der Waals surface area (Å²) in [6.45, 7) is 6.49. The van der Waals surface area contributed by atoms with Gasteiger partial charge in [0.05, 0.1) is 0 Å². The van der Waals surface area contributed by atoms with E-state index in [-0.39, 0.29) is 6.61 Å². The van der Waals surface area contributed by atoms with Gasteiger partial charge in [0.1, 0.15) is 18.4 Å². The van der Waals surface area contributed by atoms with Crippen molar-refractivity contribution in [3.05, 3.63) is 29.3 Å². The molecule has 1 aromatic carbocycles. The van der Waals surface area contributed by atoms with Crippen LogP contribution in [0.25, 0.3) is 0 Å². The fourth-order valence-corrected chi connectivity index (χ4v) is 1.61. The molecular weight excluding hydrogens is 228 g/mol. The molecule has 100 valence electrons. The van der Waals surface area contributed by atoms with Crippen LogP contribution in [0.1, 0.15) is 30.9 Å². The second-order valence-electron chi connectivity index (χ2n) is 4.73. The number of aryl methyl sites for hydroxylation is 1. The first kappa shape index (κ1) is 14.5. The maximum Gasteiger partial charge on any atom is 0.238 e. The third kappa shape index (κ3) is 3.74. The zero-order valence-electron chi connectivity index (χ0n) is 11.5. The topological polar surface area (TPSA) is 64.3 Å². The van der Waals surface area contributed by atoms with Gasteiger partial charge in [-0.15, -0.1) is 0 Å². The van der Waals surface area contributed by atoms with Crippen LogP contribution in [0.2, 0.25) is 0 Å². The molecule has 0 aliphatic rings. The number of nitrogens with one attached hydrogen (secondary N) is 1. The van der Waals surface area contributed by atoms with E-state index < -0.39 is 11.9 Å². The van der Waals surface area contributed by atoms with Crippen LogP contribution >= 0.6 is 0 Å². The molecule has 1 aromatic rings. The molecule has 0 aromatic heterocycles. The Morgan fingerprint density at radius 2 is 2.11 bits per heavy atom. The number of likely N-dealkylation sites (N-methyl/N-ethyl adjacent to an activating group) is 1. The third-order valence-corrected chi connectivity index (χ3v) is 2.98. The van der Waals surface area contributed by atoms with Crippen LogP contribution < -0.4 is 15.8 Å². The predicted molar refractivity (Wildman–Crippen MR) is 72.8 cm³/mol. The summed E-state index contributed by atoms with van der Waals surface area (Å²) in [5.74, 6) is 0.849. The molecule has 0 aliphatic carbocycles. The summed E-state index contributed by atoms with van der Waals surface area (Å²) >= 11 is 0. The highest BCUT2D eigenvalue weighted by molar-refractivity contribution is 5.80. The number of rotatable bonds is 6. The summed E-state index contributed by atoms with van der Waals surface area (Å²) < 4.78 is 5.68. The Labute approximate surface area is 109 Å². The number of nitrogens with two attached hydrogens (primary N) is 1. The molecule has 0 bridgehead atoms. The molecule has 4 heteroatoms. The molecule has 1 atom stereocenters. The first-order chi connectivity index (χ1) is 8.45. The van der Waals surface area contributed by atoms with Crippen LogP contribution in [-0.4, -0.2) is 25.6 Å². The van der Waals surface area contributed by atoms with Gasteiger partial charge in [0.15, 0.2) is 0 Å². The molecule has 1 rings (SSSR count). The van der Waals surface area contributed by atoms with Gasteiger partial charge in [0.25, 0.3) is 0 Å². The van der Waals surface area contributed by atoms with Crippen LogP contribution in [0.4, 0.5) is 0 Å². The van der Waals surface area contributed by atoms with Crippen molar-refractivity contribution < 1.29 is 9.53 Å². The summed E-state index contributed by atoms with van der Waals surface area (Å²) in [7, 11) is 1.69. The summed E-state index contributed by atoms with van der Waals surface area (Å²) in [6, 6.07) is 5.68. The number of ether oxygens (including phenoxy) is 1. The number of hydrogen-bond donors (Lipinski definition) is 2. The van der Waals surface area contributed by atoms with E-state index in [2.05, 4.69) is 25.2 Å². The highest BCUT2D eigenvalue weighted by atomic mass is 16.5. The van der Waals surface area contributed by atoms with Gasteiger partial charge in [-0.2, -0.15) is 0 Å². The Balaban J connectivity index is 2.77. The van der Waals surface area contributed by atoms with Crippen molar-refractivity contribution in [3.63, 3.8) is 0 Å². The van der Waals surface area contributed by atoms with Gasteiger partial charge in [-0.1, -0.05) is 26.0 Å². The quantitative estimate of drug-likeness (QED) is 0.805. The molecule has 1 unspecified atom stereocenters. The minimum absolute atomic E-state index is 0.244. The van der Waals surface area contributed by atoms with E-state index >= 15 is 0 Å². The van der Waals surface area contributed by atoms with Crippen molar-refractivity contribution in [2.45, 2.75) is 32.7 Å². The van der Waals surface area contributed by atoms with Gasteiger partial charge in [-0.3, -0.25) is 4.79 Å². The van der Waals surface area contributed by atoms with Gasteiger partial charge in [0.2, 0.25) is 5.91 Å². The number of benzene rings is 1. The molecular formula is C14H22N2O2. The summed E-state index contributed by atoms with van der Waals surface area (Å²) in [4.78, 5) is 11.1. The van der Waals surface area contributed by atoms with Crippen molar-refractivity contribution in [2.24, 2.45) is 5.73 Å². The largest absolute Gasteiger partial charge is 0.491 e. The minimum Gasteiger partial charge on any atom is -0.491 e. The number of carbonyl (C=O) groups excluding carboxylic acids is 1. The molecule has 18 heavy (non-hydrogen) atoms. The molecule has 1 amide bonds. The maximum absolute atomic E-state index is 11.1. The van der Waals surface area contributed by atoms with Crippen LogP contribution in [-0.2, 0) is 4.79 Å². The van der Waals surface area contributed by atoms with E-state index in [0.29, 0.717) is 5.92 Å². The molecule has 3 N–H and O–H groups in total. The highest BCUT2D eigenvalue weighted by Crippen LogP contribution is 2.24. The summed E-state index contributed by atoms with van der Waals surface area (Å²) in [6.07, 6.45) is 0. The van der Waals surface area contributed by atoms with E-state index in [4.69, 9.17) is 10.5 Å². The molecule has 0 heterocycles. The lowest BCUT2D eigenvalue weighted by Crippen LogP contribution is -2.43. The Morgan fingerprint density at radius 3 is 2.61 bits per heavy atom. The average molecular weight is 250 g/mol. The zero-order valence-corrected chi connectivity index (χ0v) is 11.5. The second-order valence-corrected chi connectivity index (χ2v) is 4.73.